The van der Waals surface area contributed by atoms with Gasteiger partial charge in [0.1, 0.15) is 17.7 Å². The maximum absolute atomic E-state index is 15.3. The van der Waals surface area contributed by atoms with Crippen molar-refractivity contribution in [3.63, 3.8) is 0 Å². The topological polar surface area (TPSA) is 125 Å². The molecule has 3 aliphatic rings. The second kappa shape index (κ2) is 16.9. The number of esters is 1. The lowest BCUT2D eigenvalue weighted by atomic mass is 9.70. The van der Waals surface area contributed by atoms with E-state index >= 15 is 9.59 Å². The van der Waals surface area contributed by atoms with Crippen LogP contribution in [-0.4, -0.2) is 92.4 Å². The molecule has 2 bridgehead atoms. The summed E-state index contributed by atoms with van der Waals surface area (Å²) in [5.41, 5.74) is -0.584. The number of hydrogen-bond acceptors (Lipinski definition) is 7. The molecule has 2 aromatic carbocycles. The van der Waals surface area contributed by atoms with Gasteiger partial charge in [-0.05, 0) is 56.1 Å². The first-order valence-corrected chi connectivity index (χ1v) is 19.8. The van der Waals surface area contributed by atoms with Crippen molar-refractivity contribution in [3.8, 4) is 0 Å². The minimum absolute atomic E-state index is 0.0295. The van der Waals surface area contributed by atoms with Gasteiger partial charge in [0.05, 0.1) is 37.1 Å². The molecule has 3 fully saturated rings. The molecule has 292 valence electrons. The Morgan fingerprint density at radius 1 is 1.07 bits per heavy atom. The molecule has 10 nitrogen and oxygen atoms in total. The Bertz CT molecular complexity index is 1680. The third kappa shape index (κ3) is 8.53. The first-order valence-electron chi connectivity index (χ1n) is 18.9. The Balaban J connectivity index is 1.56. The van der Waals surface area contributed by atoms with E-state index in [4.69, 9.17) is 9.47 Å². The van der Waals surface area contributed by atoms with Crippen LogP contribution in [0.25, 0.3) is 0 Å². The first kappa shape index (κ1) is 41.4. The number of halogens is 1. The fourth-order valence-corrected chi connectivity index (χ4v) is 10.0. The number of hydrogen-bond donors (Lipinski definition) is 2. The van der Waals surface area contributed by atoms with Crippen LogP contribution in [0.5, 0.6) is 0 Å². The zero-order valence-corrected chi connectivity index (χ0v) is 33.8. The molecular weight excluding hydrogens is 750 g/mol. The predicted molar refractivity (Wildman–Crippen MR) is 211 cm³/mol. The monoisotopic (exact) mass is 805 g/mol. The van der Waals surface area contributed by atoms with Gasteiger partial charge in [-0.2, -0.15) is 0 Å². The number of benzene rings is 2. The molecule has 3 amide bonds. The second-order valence-electron chi connectivity index (χ2n) is 16.7. The van der Waals surface area contributed by atoms with E-state index in [-0.39, 0.29) is 41.6 Å². The number of aliphatic hydroxyl groups is 1. The number of carbonyl (C=O) groups excluding carboxylic acids is 4. The summed E-state index contributed by atoms with van der Waals surface area (Å²) in [6.45, 7) is 17.9. The largest absolute Gasteiger partial charge is 0.455 e. The fraction of sp³-hybridized carbons (Fsp3) is 0.535. The van der Waals surface area contributed by atoms with Crippen molar-refractivity contribution in [2.75, 3.05) is 19.7 Å². The van der Waals surface area contributed by atoms with Crippen molar-refractivity contribution in [1.29, 1.82) is 0 Å². The number of fused-ring (bicyclic) bond motifs is 1. The number of aliphatic hydroxyl groups excluding tert-OH is 1. The highest BCUT2D eigenvalue weighted by Crippen LogP contribution is 2.61. The summed E-state index contributed by atoms with van der Waals surface area (Å²) in [6.07, 6.45) is 3.77. The van der Waals surface area contributed by atoms with Crippen LogP contribution >= 0.6 is 15.9 Å². The maximum Gasteiger partial charge on any atom is 0.313 e. The number of likely N-dealkylation sites (tertiary alicyclic amines) is 1. The summed E-state index contributed by atoms with van der Waals surface area (Å²) in [6, 6.07) is 16.8. The Kier molecular flexibility index (Phi) is 13.0. The molecule has 3 heterocycles. The fourth-order valence-electron chi connectivity index (χ4n) is 9.09. The quantitative estimate of drug-likeness (QED) is 0.115. The number of allylic oxidation sites excluding steroid dienone is 1. The molecule has 5 rings (SSSR count). The van der Waals surface area contributed by atoms with Crippen molar-refractivity contribution >= 4 is 39.6 Å². The van der Waals surface area contributed by atoms with Gasteiger partial charge in [0.2, 0.25) is 17.7 Å². The first-order chi connectivity index (χ1) is 25.6. The Morgan fingerprint density at radius 3 is 2.31 bits per heavy atom. The van der Waals surface area contributed by atoms with Crippen molar-refractivity contribution in [2.45, 2.75) is 107 Å². The molecule has 8 atom stereocenters. The molecule has 11 heteroatoms. The summed E-state index contributed by atoms with van der Waals surface area (Å²) in [4.78, 5) is 60.5. The number of carbonyl (C=O) groups is 4. The molecular formula is C43H56BrN3O7. The van der Waals surface area contributed by atoms with E-state index in [0.717, 1.165) is 5.56 Å². The van der Waals surface area contributed by atoms with Gasteiger partial charge < -0.3 is 29.7 Å². The summed E-state index contributed by atoms with van der Waals surface area (Å²) < 4.78 is 13.1. The van der Waals surface area contributed by atoms with E-state index in [9.17, 15) is 14.7 Å². The van der Waals surface area contributed by atoms with Crippen molar-refractivity contribution in [2.24, 2.45) is 17.3 Å². The van der Waals surface area contributed by atoms with Gasteiger partial charge in [-0.15, -0.1) is 13.2 Å². The highest BCUT2D eigenvalue weighted by molar-refractivity contribution is 9.09. The third-order valence-electron chi connectivity index (χ3n) is 10.9. The van der Waals surface area contributed by atoms with Crippen LogP contribution in [0.15, 0.2) is 86.0 Å². The number of alkyl halides is 1. The zero-order chi connectivity index (χ0) is 39.4. The van der Waals surface area contributed by atoms with Gasteiger partial charge in [-0.1, -0.05) is 110 Å². The van der Waals surface area contributed by atoms with Gasteiger partial charge in [-0.3, -0.25) is 19.2 Å². The predicted octanol–water partition coefficient (Wildman–Crippen LogP) is 5.93. The minimum atomic E-state index is -1.38. The number of nitrogens with one attached hydrogen (secondary N) is 1. The van der Waals surface area contributed by atoms with Crippen LogP contribution < -0.4 is 5.32 Å². The van der Waals surface area contributed by atoms with Gasteiger partial charge in [0.15, 0.2) is 0 Å². The molecule has 0 aromatic heterocycles. The molecule has 2 aromatic rings. The average Bonchev–Trinajstić information content (AvgIpc) is 3.72. The van der Waals surface area contributed by atoms with Crippen molar-refractivity contribution in [3.05, 3.63) is 97.1 Å². The number of amides is 3. The summed E-state index contributed by atoms with van der Waals surface area (Å²) in [5.74, 6) is -3.68. The molecule has 3 aliphatic heterocycles. The molecule has 1 unspecified atom stereocenters. The van der Waals surface area contributed by atoms with Crippen LogP contribution in [-0.2, 0) is 35.1 Å². The Labute approximate surface area is 328 Å². The van der Waals surface area contributed by atoms with Gasteiger partial charge in [-0.25, -0.2) is 0 Å². The summed E-state index contributed by atoms with van der Waals surface area (Å²) in [7, 11) is 0. The lowest BCUT2D eigenvalue weighted by molar-refractivity contribution is -0.161. The van der Waals surface area contributed by atoms with Crippen LogP contribution in [0.1, 0.15) is 77.5 Å². The maximum atomic E-state index is 15.3. The number of ether oxygens (including phenoxy) is 2. The smallest absolute Gasteiger partial charge is 0.313 e. The van der Waals surface area contributed by atoms with E-state index in [0.29, 0.717) is 31.2 Å². The van der Waals surface area contributed by atoms with Gasteiger partial charge in [0, 0.05) is 23.3 Å². The van der Waals surface area contributed by atoms with Crippen LogP contribution in [0.2, 0.25) is 0 Å². The lowest BCUT2D eigenvalue weighted by Crippen LogP contribution is -2.63. The van der Waals surface area contributed by atoms with Crippen LogP contribution in [0.3, 0.4) is 0 Å². The second-order valence-corrected chi connectivity index (χ2v) is 17.9. The van der Waals surface area contributed by atoms with E-state index in [2.05, 4.69) is 55.2 Å². The van der Waals surface area contributed by atoms with Gasteiger partial charge in [0.25, 0.3) is 0 Å². The molecule has 3 saturated heterocycles. The zero-order valence-electron chi connectivity index (χ0n) is 32.2. The summed E-state index contributed by atoms with van der Waals surface area (Å²) >= 11 is 3.77. The molecule has 2 N–H and O–H groups in total. The number of nitrogens with zero attached hydrogens (tertiary/aromatic N) is 2. The SMILES string of the molecule is C=CCCC(=O)NC[C@H](OC(=O)[C@@H]1[C@H]2O[C@@]3(CC2Br)[C@H](C(=O)N(CC=C)C(C)(C)CC(C)(C)C)N([C@@H](CO)Cc2ccccc2)C(=O)[C@@H]13)c1ccccc1. The van der Waals surface area contributed by atoms with Crippen molar-refractivity contribution < 1.29 is 33.8 Å². The van der Waals surface area contributed by atoms with E-state index in [1.807, 2.05) is 74.5 Å². The summed E-state index contributed by atoms with van der Waals surface area (Å²) in [5, 5.41) is 13.8. The highest BCUT2D eigenvalue weighted by Gasteiger charge is 2.78. The van der Waals surface area contributed by atoms with Crippen LogP contribution in [0.4, 0.5) is 0 Å². The van der Waals surface area contributed by atoms with E-state index in [1.54, 1.807) is 17.1 Å². The standard InChI is InChI=1S/C43H56BrN3O7/c1-8-10-21-33(49)45-25-32(29-19-15-12-16-20-29)53-40(52)34-35-38(50)47(30(26-48)23-28-17-13-11-14-18-28)37(43(35)24-31(44)36(34)54-43)39(51)46(22-9-2)42(6,7)27-41(3,4)5/h8-9,11-20,30-32,34-37,48H,1-2,10,21-27H2,3-7H3,(H,45,49)/t30-,31?,32+,34+,35-,36+,37+,43-/m1/s1. The Hall–Kier alpha value is -3.80. The molecule has 0 saturated carbocycles. The average molecular weight is 807 g/mol. The molecule has 0 aliphatic carbocycles. The third-order valence-corrected chi connectivity index (χ3v) is 11.8. The Morgan fingerprint density at radius 2 is 1.72 bits per heavy atom. The minimum Gasteiger partial charge on any atom is -0.455 e. The normalized spacial score (nSPS) is 25.8. The lowest BCUT2D eigenvalue weighted by Gasteiger charge is -2.46. The van der Waals surface area contributed by atoms with Crippen LogP contribution in [0, 0.1) is 17.3 Å². The van der Waals surface area contributed by atoms with E-state index in [1.165, 1.54) is 4.90 Å². The van der Waals surface area contributed by atoms with Gasteiger partial charge >= 0.3 is 5.97 Å². The highest BCUT2D eigenvalue weighted by atomic mass is 79.9. The van der Waals surface area contributed by atoms with Crippen molar-refractivity contribution in [1.82, 2.24) is 15.1 Å². The molecule has 54 heavy (non-hydrogen) atoms. The molecule has 1 spiro atoms. The molecule has 0 radical (unpaired) electrons. The number of rotatable bonds is 17. The van der Waals surface area contributed by atoms with E-state index < -0.39 is 65.8 Å².